The predicted octanol–water partition coefficient (Wildman–Crippen LogP) is 1.26. The van der Waals surface area contributed by atoms with Crippen LogP contribution < -0.4 is 11.1 Å². The number of thiocarbonyl (C=S) groups is 1. The van der Waals surface area contributed by atoms with Gasteiger partial charge in [-0.15, -0.1) is 12.4 Å². The lowest BCUT2D eigenvalue weighted by Gasteiger charge is -2.03. The summed E-state index contributed by atoms with van der Waals surface area (Å²) in [6, 6.07) is 3.33. The van der Waals surface area contributed by atoms with Gasteiger partial charge in [0.25, 0.3) is 11.4 Å². The molecule has 10 heteroatoms. The Hall–Kier alpha value is -2.00. The van der Waals surface area contributed by atoms with E-state index in [4.69, 9.17) is 5.73 Å². The van der Waals surface area contributed by atoms with Crippen molar-refractivity contribution >= 4 is 41.1 Å². The fourth-order valence-corrected chi connectivity index (χ4v) is 1.23. The van der Waals surface area contributed by atoms with Crippen molar-refractivity contribution in [2.75, 3.05) is 0 Å². The normalized spacial score (nSPS) is 9.11. The van der Waals surface area contributed by atoms with Crippen molar-refractivity contribution in [2.24, 2.45) is 5.73 Å². The topological polar surface area (TPSA) is 124 Å². The van der Waals surface area contributed by atoms with E-state index < -0.39 is 9.85 Å². The Balaban J connectivity index is 0.00000289. The molecule has 1 rings (SSSR count). The summed E-state index contributed by atoms with van der Waals surface area (Å²) in [7, 11) is 0. The van der Waals surface area contributed by atoms with Gasteiger partial charge in [0.2, 0.25) is 0 Å². The molecule has 0 amide bonds. The molecule has 3 N–H and O–H groups in total. The number of hydrogen-bond donors (Lipinski definition) is 2. The van der Waals surface area contributed by atoms with E-state index in [1.165, 1.54) is 12.1 Å². The summed E-state index contributed by atoms with van der Waals surface area (Å²) in [6.45, 7) is 0.0951. The van der Waals surface area contributed by atoms with Crippen molar-refractivity contribution < 1.29 is 9.85 Å². The van der Waals surface area contributed by atoms with E-state index in [9.17, 15) is 20.2 Å². The third-order valence-corrected chi connectivity index (χ3v) is 2.00. The Kier molecular flexibility index (Phi) is 5.93. The maximum Gasteiger partial charge on any atom is 0.276 e. The molecule has 0 aliphatic rings. The molecule has 0 bridgehead atoms. The molecule has 0 saturated carbocycles. The van der Waals surface area contributed by atoms with Gasteiger partial charge in [0.15, 0.2) is 5.11 Å². The maximum absolute atomic E-state index is 10.6. The zero-order valence-corrected chi connectivity index (χ0v) is 10.5. The van der Waals surface area contributed by atoms with Gasteiger partial charge in [-0.2, -0.15) is 0 Å². The first-order chi connectivity index (χ1) is 7.90. The number of nitrogens with one attached hydrogen (secondary N) is 1. The number of nitrogens with two attached hydrogens (primary N) is 1. The van der Waals surface area contributed by atoms with Crippen molar-refractivity contribution in [1.29, 1.82) is 0 Å². The van der Waals surface area contributed by atoms with Crippen molar-refractivity contribution in [3.8, 4) is 0 Å². The Bertz CT molecular complexity index is 464. The second-order valence-corrected chi connectivity index (χ2v) is 3.53. The van der Waals surface area contributed by atoms with Crippen LogP contribution in [0, 0.1) is 20.2 Å². The van der Waals surface area contributed by atoms with Crippen molar-refractivity contribution in [1.82, 2.24) is 5.32 Å². The first kappa shape index (κ1) is 16.0. The van der Waals surface area contributed by atoms with Crippen LogP contribution in [0.2, 0.25) is 0 Å². The number of nitro groups is 2. The van der Waals surface area contributed by atoms with Gasteiger partial charge in [0, 0.05) is 18.7 Å². The van der Waals surface area contributed by atoms with Crippen LogP contribution in [0.25, 0.3) is 0 Å². The molecule has 0 aliphatic heterocycles. The van der Waals surface area contributed by atoms with Gasteiger partial charge in [-0.05, 0) is 17.8 Å². The van der Waals surface area contributed by atoms with Crippen LogP contribution in [0.1, 0.15) is 5.56 Å². The van der Waals surface area contributed by atoms with Crippen molar-refractivity contribution in [3.05, 3.63) is 44.0 Å². The summed E-state index contributed by atoms with van der Waals surface area (Å²) in [5.74, 6) is 0. The van der Waals surface area contributed by atoms with Crippen LogP contribution in [-0.4, -0.2) is 15.0 Å². The molecule has 1 aromatic rings. The summed E-state index contributed by atoms with van der Waals surface area (Å²) < 4.78 is 0. The van der Waals surface area contributed by atoms with Crippen LogP contribution in [-0.2, 0) is 6.54 Å². The summed E-state index contributed by atoms with van der Waals surface area (Å²) in [5.41, 5.74) is 4.85. The van der Waals surface area contributed by atoms with Crippen LogP contribution in [0.15, 0.2) is 18.2 Å². The molecule has 1 aromatic carbocycles. The SMILES string of the molecule is Cl.NC(=S)NCc1cc([N+](=O)[O-])cc([N+](=O)[O-])c1. The van der Waals surface area contributed by atoms with E-state index in [1.54, 1.807) is 0 Å². The summed E-state index contributed by atoms with van der Waals surface area (Å²) in [6.07, 6.45) is 0. The molecule has 0 aliphatic carbocycles. The molecule has 98 valence electrons. The number of halogens is 1. The lowest BCUT2D eigenvalue weighted by molar-refractivity contribution is -0.394. The molecule has 0 unspecified atom stereocenters. The van der Waals surface area contributed by atoms with E-state index in [2.05, 4.69) is 17.5 Å². The number of nitrogens with zero attached hydrogens (tertiary/aromatic N) is 2. The quantitative estimate of drug-likeness (QED) is 0.486. The number of benzene rings is 1. The zero-order chi connectivity index (χ0) is 13.0. The number of rotatable bonds is 4. The van der Waals surface area contributed by atoms with E-state index in [0.29, 0.717) is 5.56 Å². The second-order valence-electron chi connectivity index (χ2n) is 3.09. The first-order valence-electron chi connectivity index (χ1n) is 4.36. The minimum absolute atomic E-state index is 0. The maximum atomic E-state index is 10.6. The lowest BCUT2D eigenvalue weighted by Crippen LogP contribution is -2.28. The molecule has 18 heavy (non-hydrogen) atoms. The van der Waals surface area contributed by atoms with E-state index in [-0.39, 0.29) is 35.4 Å². The lowest BCUT2D eigenvalue weighted by atomic mass is 10.2. The highest BCUT2D eigenvalue weighted by Crippen LogP contribution is 2.22. The van der Waals surface area contributed by atoms with E-state index in [1.807, 2.05) is 0 Å². The standard InChI is InChI=1S/C8H8N4O4S.ClH/c9-8(17)10-4-5-1-6(11(13)14)3-7(2-5)12(15)16;/h1-3H,4H2,(H3,9,10,17);1H. The number of nitro benzene ring substituents is 2. The predicted molar refractivity (Wildman–Crippen MR) is 70.6 cm³/mol. The average molecular weight is 293 g/mol. The number of hydrogen-bond acceptors (Lipinski definition) is 5. The highest BCUT2D eigenvalue weighted by atomic mass is 35.5. The Labute approximate surface area is 113 Å². The monoisotopic (exact) mass is 292 g/mol. The Morgan fingerprint density at radius 1 is 1.22 bits per heavy atom. The van der Waals surface area contributed by atoms with Gasteiger partial charge in [-0.1, -0.05) is 0 Å². The van der Waals surface area contributed by atoms with Crippen LogP contribution in [0.5, 0.6) is 0 Å². The van der Waals surface area contributed by atoms with Crippen molar-refractivity contribution in [2.45, 2.75) is 6.54 Å². The van der Waals surface area contributed by atoms with Gasteiger partial charge in [0.05, 0.1) is 15.9 Å². The van der Waals surface area contributed by atoms with Gasteiger partial charge in [-0.25, -0.2) is 0 Å². The van der Waals surface area contributed by atoms with Gasteiger partial charge in [-0.3, -0.25) is 20.2 Å². The highest BCUT2D eigenvalue weighted by molar-refractivity contribution is 7.80. The minimum Gasteiger partial charge on any atom is -0.376 e. The Morgan fingerprint density at radius 2 is 1.67 bits per heavy atom. The summed E-state index contributed by atoms with van der Waals surface area (Å²) in [4.78, 5) is 19.8. The fourth-order valence-electron chi connectivity index (χ4n) is 1.16. The van der Waals surface area contributed by atoms with Crippen LogP contribution in [0.3, 0.4) is 0 Å². The van der Waals surface area contributed by atoms with Gasteiger partial charge < -0.3 is 11.1 Å². The first-order valence-corrected chi connectivity index (χ1v) is 4.77. The van der Waals surface area contributed by atoms with Crippen LogP contribution >= 0.6 is 24.6 Å². The highest BCUT2D eigenvalue weighted by Gasteiger charge is 2.16. The molecule has 0 spiro atoms. The van der Waals surface area contributed by atoms with Crippen LogP contribution in [0.4, 0.5) is 11.4 Å². The molecule has 0 aromatic heterocycles. The molecule has 0 atom stereocenters. The average Bonchev–Trinajstić information content (AvgIpc) is 2.25. The Morgan fingerprint density at radius 3 is 2.00 bits per heavy atom. The molecule has 0 heterocycles. The smallest absolute Gasteiger partial charge is 0.276 e. The van der Waals surface area contributed by atoms with Crippen molar-refractivity contribution in [3.63, 3.8) is 0 Å². The minimum atomic E-state index is -0.697. The fraction of sp³-hybridized carbons (Fsp3) is 0.125. The molecule has 0 radical (unpaired) electrons. The second kappa shape index (κ2) is 6.67. The number of non-ortho nitro benzene ring substituents is 2. The largest absolute Gasteiger partial charge is 0.376 e. The van der Waals surface area contributed by atoms with E-state index in [0.717, 1.165) is 6.07 Å². The van der Waals surface area contributed by atoms with Gasteiger partial charge >= 0.3 is 0 Å². The zero-order valence-electron chi connectivity index (χ0n) is 8.86. The van der Waals surface area contributed by atoms with Gasteiger partial charge in [0.1, 0.15) is 0 Å². The molecule has 0 saturated heterocycles. The molecular weight excluding hydrogens is 284 g/mol. The third-order valence-electron chi connectivity index (χ3n) is 1.85. The van der Waals surface area contributed by atoms with E-state index >= 15 is 0 Å². The molecule has 0 fully saturated rings. The summed E-state index contributed by atoms with van der Waals surface area (Å²) in [5, 5.41) is 23.7. The summed E-state index contributed by atoms with van der Waals surface area (Å²) >= 11 is 4.56. The third kappa shape index (κ3) is 4.47. The molecular formula is C8H9ClN4O4S. The molecule has 8 nitrogen and oxygen atoms in total.